The van der Waals surface area contributed by atoms with Gasteiger partial charge in [-0.25, -0.2) is 9.18 Å². The minimum Gasteiger partial charge on any atom is -0.332 e. The second-order valence-electron chi connectivity index (χ2n) is 3.86. The van der Waals surface area contributed by atoms with Gasteiger partial charge in [0.05, 0.1) is 6.54 Å². The van der Waals surface area contributed by atoms with Gasteiger partial charge in [0.25, 0.3) is 0 Å². The highest BCUT2D eigenvalue weighted by molar-refractivity contribution is 5.94. The third-order valence-corrected chi connectivity index (χ3v) is 2.55. The lowest BCUT2D eigenvalue weighted by Gasteiger charge is -2.28. The monoisotopic (exact) mass is 249 g/mol. The number of benzene rings is 1. The van der Waals surface area contributed by atoms with Gasteiger partial charge < -0.3 is 15.5 Å². The number of nitrogens with one attached hydrogen (secondary N) is 2. The Labute approximate surface area is 103 Å². The molecular weight excluding hydrogens is 237 g/mol. The van der Waals surface area contributed by atoms with Gasteiger partial charge in [-0.1, -0.05) is 6.58 Å². The molecule has 0 aliphatic carbocycles. The number of halogens is 1. The van der Waals surface area contributed by atoms with Crippen LogP contribution in [0.5, 0.6) is 0 Å². The number of urea groups is 1. The van der Waals surface area contributed by atoms with Crippen molar-refractivity contribution < 1.29 is 14.0 Å². The zero-order chi connectivity index (χ0) is 13.1. The Balaban J connectivity index is 2.14. The summed E-state index contributed by atoms with van der Waals surface area (Å²) in [5, 5.41) is 4.98. The Bertz CT molecular complexity index is 516. The molecule has 18 heavy (non-hydrogen) atoms. The maximum absolute atomic E-state index is 13.1. The van der Waals surface area contributed by atoms with Gasteiger partial charge in [-0.05, 0) is 30.0 Å². The number of hydrogen-bond acceptors (Lipinski definition) is 2. The molecule has 0 radical (unpaired) electrons. The molecule has 0 fully saturated rings. The summed E-state index contributed by atoms with van der Waals surface area (Å²) >= 11 is 0. The first kappa shape index (κ1) is 12.1. The van der Waals surface area contributed by atoms with Crippen LogP contribution in [0.25, 0.3) is 0 Å². The highest BCUT2D eigenvalue weighted by atomic mass is 19.1. The molecule has 2 N–H and O–H groups in total. The van der Waals surface area contributed by atoms with Crippen molar-refractivity contribution in [2.45, 2.75) is 6.54 Å². The van der Waals surface area contributed by atoms with E-state index >= 15 is 0 Å². The standard InChI is InChI=1S/C12H12FN3O2/c1-2-14-11(17)7-16-6-8-5-9(13)3-4-10(8)15-12(16)18/h2-5H,1,6-7H2,(H,14,17)(H,15,18). The second kappa shape index (κ2) is 4.87. The summed E-state index contributed by atoms with van der Waals surface area (Å²) in [5.41, 5.74) is 1.21. The quantitative estimate of drug-likeness (QED) is 0.851. The third-order valence-electron chi connectivity index (χ3n) is 2.55. The molecule has 1 aliphatic rings. The van der Waals surface area contributed by atoms with Gasteiger partial charge in [-0.2, -0.15) is 0 Å². The molecule has 94 valence electrons. The van der Waals surface area contributed by atoms with Gasteiger partial charge in [0.2, 0.25) is 5.91 Å². The number of nitrogens with zero attached hydrogens (tertiary/aromatic N) is 1. The number of rotatable bonds is 3. The average molecular weight is 249 g/mol. The van der Waals surface area contributed by atoms with Crippen LogP contribution < -0.4 is 10.6 Å². The van der Waals surface area contributed by atoms with Gasteiger partial charge in [0, 0.05) is 5.69 Å². The predicted octanol–water partition coefficient (Wildman–Crippen LogP) is 1.43. The number of hydrogen-bond donors (Lipinski definition) is 2. The van der Waals surface area contributed by atoms with Crippen molar-refractivity contribution in [3.63, 3.8) is 0 Å². The van der Waals surface area contributed by atoms with E-state index in [1.54, 1.807) is 0 Å². The van der Waals surface area contributed by atoms with Crippen LogP contribution in [0.4, 0.5) is 14.9 Å². The molecule has 1 aliphatic heterocycles. The van der Waals surface area contributed by atoms with Crippen molar-refractivity contribution in [1.29, 1.82) is 0 Å². The van der Waals surface area contributed by atoms with Crippen molar-refractivity contribution in [2.24, 2.45) is 0 Å². The van der Waals surface area contributed by atoms with Crippen LogP contribution in [0.15, 0.2) is 31.0 Å². The van der Waals surface area contributed by atoms with Gasteiger partial charge >= 0.3 is 6.03 Å². The molecule has 6 heteroatoms. The third kappa shape index (κ3) is 2.48. The van der Waals surface area contributed by atoms with Gasteiger partial charge in [-0.3, -0.25) is 4.79 Å². The summed E-state index contributed by atoms with van der Waals surface area (Å²) in [5.74, 6) is -0.722. The van der Waals surface area contributed by atoms with Gasteiger partial charge in [0.1, 0.15) is 12.4 Å². The van der Waals surface area contributed by atoms with Crippen LogP contribution in [-0.2, 0) is 11.3 Å². The first-order valence-electron chi connectivity index (χ1n) is 5.35. The summed E-state index contributed by atoms with van der Waals surface area (Å²) < 4.78 is 13.1. The Morgan fingerprint density at radius 2 is 2.39 bits per heavy atom. The van der Waals surface area contributed by atoms with E-state index < -0.39 is 0 Å². The van der Waals surface area contributed by atoms with Crippen LogP contribution in [-0.4, -0.2) is 23.4 Å². The smallest absolute Gasteiger partial charge is 0.322 e. The largest absolute Gasteiger partial charge is 0.332 e. The van der Waals surface area contributed by atoms with Crippen molar-refractivity contribution in [1.82, 2.24) is 10.2 Å². The van der Waals surface area contributed by atoms with Crippen LogP contribution in [0.3, 0.4) is 0 Å². The van der Waals surface area contributed by atoms with Crippen molar-refractivity contribution >= 4 is 17.6 Å². The van der Waals surface area contributed by atoms with Crippen molar-refractivity contribution in [3.8, 4) is 0 Å². The summed E-state index contributed by atoms with van der Waals surface area (Å²) in [6.07, 6.45) is 1.25. The predicted molar refractivity (Wildman–Crippen MR) is 64.2 cm³/mol. The molecule has 1 heterocycles. The normalized spacial score (nSPS) is 13.6. The van der Waals surface area contributed by atoms with E-state index in [-0.39, 0.29) is 30.8 Å². The van der Waals surface area contributed by atoms with Crippen LogP contribution in [0.1, 0.15) is 5.56 Å². The second-order valence-corrected chi connectivity index (χ2v) is 3.86. The van der Waals surface area contributed by atoms with E-state index in [2.05, 4.69) is 17.2 Å². The minimum absolute atomic E-state index is 0.103. The molecule has 0 aromatic heterocycles. The van der Waals surface area contributed by atoms with Crippen LogP contribution >= 0.6 is 0 Å². The molecular formula is C12H12FN3O2. The van der Waals surface area contributed by atoms with E-state index in [1.165, 1.54) is 29.3 Å². The molecule has 2 rings (SSSR count). The molecule has 0 saturated heterocycles. The minimum atomic E-state index is -0.381. The van der Waals surface area contributed by atoms with E-state index in [1.807, 2.05) is 0 Å². The zero-order valence-corrected chi connectivity index (χ0v) is 9.57. The fourth-order valence-electron chi connectivity index (χ4n) is 1.75. The number of carbonyl (C=O) groups excluding carboxylic acids is 2. The molecule has 1 aromatic rings. The summed E-state index contributed by atoms with van der Waals surface area (Å²) in [6, 6.07) is 3.74. The summed E-state index contributed by atoms with van der Waals surface area (Å²) in [4.78, 5) is 24.3. The number of carbonyl (C=O) groups is 2. The maximum Gasteiger partial charge on any atom is 0.322 e. The fourth-order valence-corrected chi connectivity index (χ4v) is 1.75. The first-order valence-corrected chi connectivity index (χ1v) is 5.35. The molecule has 1 aromatic carbocycles. The zero-order valence-electron chi connectivity index (χ0n) is 9.57. The average Bonchev–Trinajstić information content (AvgIpc) is 2.31. The molecule has 3 amide bonds. The Hall–Kier alpha value is -2.37. The van der Waals surface area contributed by atoms with Gasteiger partial charge in [0.15, 0.2) is 0 Å². The molecule has 0 spiro atoms. The Kier molecular flexibility index (Phi) is 3.27. The lowest BCUT2D eigenvalue weighted by Crippen LogP contribution is -2.43. The highest BCUT2D eigenvalue weighted by Gasteiger charge is 2.24. The van der Waals surface area contributed by atoms with E-state index in [0.717, 1.165) is 0 Å². The Morgan fingerprint density at radius 1 is 1.61 bits per heavy atom. The fraction of sp³-hybridized carbons (Fsp3) is 0.167. The van der Waals surface area contributed by atoms with Crippen molar-refractivity contribution in [2.75, 3.05) is 11.9 Å². The van der Waals surface area contributed by atoms with Gasteiger partial charge in [-0.15, -0.1) is 0 Å². The number of anilines is 1. The summed E-state index contributed by atoms with van der Waals surface area (Å²) in [7, 11) is 0. The molecule has 5 nitrogen and oxygen atoms in total. The molecule has 0 saturated carbocycles. The maximum atomic E-state index is 13.1. The molecule has 0 atom stereocenters. The Morgan fingerprint density at radius 3 is 3.11 bits per heavy atom. The lowest BCUT2D eigenvalue weighted by atomic mass is 10.1. The van der Waals surface area contributed by atoms with E-state index in [4.69, 9.17) is 0 Å². The van der Waals surface area contributed by atoms with Crippen LogP contribution in [0.2, 0.25) is 0 Å². The van der Waals surface area contributed by atoms with E-state index in [0.29, 0.717) is 11.3 Å². The molecule has 0 unspecified atom stereocenters. The highest BCUT2D eigenvalue weighted by Crippen LogP contribution is 2.23. The number of amides is 3. The SMILES string of the molecule is C=CNC(=O)CN1Cc2cc(F)ccc2NC1=O. The number of fused-ring (bicyclic) bond motifs is 1. The lowest BCUT2D eigenvalue weighted by molar-refractivity contribution is -0.120. The van der Waals surface area contributed by atoms with Crippen molar-refractivity contribution in [3.05, 3.63) is 42.4 Å². The van der Waals surface area contributed by atoms with Crippen LogP contribution in [0, 0.1) is 5.82 Å². The van der Waals surface area contributed by atoms with E-state index in [9.17, 15) is 14.0 Å². The summed E-state index contributed by atoms with van der Waals surface area (Å²) in [6.45, 7) is 3.45. The topological polar surface area (TPSA) is 61.4 Å². The molecule has 0 bridgehead atoms. The first-order chi connectivity index (χ1) is 8.60.